The third kappa shape index (κ3) is 5.81. The first-order chi connectivity index (χ1) is 11.4. The van der Waals surface area contributed by atoms with Gasteiger partial charge in [-0.15, -0.1) is 0 Å². The zero-order chi connectivity index (χ0) is 17.6. The minimum atomic E-state index is -3.19. The third-order valence-electron chi connectivity index (χ3n) is 3.67. The quantitative estimate of drug-likeness (QED) is 0.746. The molecule has 0 radical (unpaired) electrons. The van der Waals surface area contributed by atoms with Gasteiger partial charge >= 0.3 is 5.97 Å². The maximum atomic E-state index is 11.9. The van der Waals surface area contributed by atoms with Crippen molar-refractivity contribution in [3.8, 4) is 0 Å². The van der Waals surface area contributed by atoms with Gasteiger partial charge < -0.3 is 10.1 Å². The van der Waals surface area contributed by atoms with Gasteiger partial charge in [-0.25, -0.2) is 8.42 Å². The van der Waals surface area contributed by atoms with E-state index in [4.69, 9.17) is 4.74 Å². The van der Waals surface area contributed by atoms with Crippen molar-refractivity contribution in [1.29, 1.82) is 0 Å². The van der Waals surface area contributed by atoms with Crippen LogP contribution in [-0.4, -0.2) is 38.7 Å². The van der Waals surface area contributed by atoms with Crippen LogP contribution in [0, 0.1) is 5.92 Å². The number of amides is 1. The summed E-state index contributed by atoms with van der Waals surface area (Å²) in [5, 5.41) is 3.83. The van der Waals surface area contributed by atoms with Gasteiger partial charge in [0.05, 0.1) is 12.2 Å². The minimum absolute atomic E-state index is 0.0443. The average Bonchev–Trinajstić information content (AvgIpc) is 2.86. The van der Waals surface area contributed by atoms with E-state index in [1.54, 1.807) is 0 Å². The van der Waals surface area contributed by atoms with E-state index in [1.165, 1.54) is 13.0 Å². The lowest BCUT2D eigenvalue weighted by atomic mass is 10.1. The molecule has 0 spiro atoms. The van der Waals surface area contributed by atoms with Crippen LogP contribution >= 0.6 is 0 Å². The maximum absolute atomic E-state index is 11.9. The van der Waals surface area contributed by atoms with Crippen LogP contribution in [0.2, 0.25) is 0 Å². The largest absolute Gasteiger partial charge is 0.453 e. The fourth-order valence-corrected chi connectivity index (χ4v) is 3.80. The Morgan fingerprint density at radius 1 is 1.29 bits per heavy atom. The number of esters is 1. The lowest BCUT2D eigenvalue weighted by Gasteiger charge is -2.14. The second-order valence-corrected chi connectivity index (χ2v) is 7.71. The van der Waals surface area contributed by atoms with Crippen LogP contribution < -0.4 is 5.32 Å². The van der Waals surface area contributed by atoms with Crippen molar-refractivity contribution in [3.63, 3.8) is 0 Å². The van der Waals surface area contributed by atoms with E-state index in [-0.39, 0.29) is 24.0 Å². The number of nitrogens with one attached hydrogen (secondary N) is 1. The van der Waals surface area contributed by atoms with Gasteiger partial charge in [0.1, 0.15) is 0 Å². The maximum Gasteiger partial charge on any atom is 0.307 e. The topological polar surface area (TPSA) is 89.5 Å². The van der Waals surface area contributed by atoms with Gasteiger partial charge in [-0.3, -0.25) is 9.59 Å². The SMILES string of the molecule is CC(OC(=O)CC1C=CS(=O)(=O)C1)C(=O)NCCc1ccccc1. The highest BCUT2D eigenvalue weighted by Gasteiger charge is 2.26. The molecule has 0 aliphatic carbocycles. The summed E-state index contributed by atoms with van der Waals surface area (Å²) in [4.78, 5) is 23.7. The van der Waals surface area contributed by atoms with Crippen LogP contribution in [-0.2, 0) is 30.6 Å². The standard InChI is InChI=1S/C17H21NO5S/c1-13(17(20)18-9-7-14-5-3-2-4-6-14)23-16(19)11-15-8-10-24(21,22)12-15/h2-6,8,10,13,15H,7,9,11-12H2,1H3,(H,18,20). The van der Waals surface area contributed by atoms with Gasteiger partial charge in [0.15, 0.2) is 15.9 Å². The molecular formula is C17H21NO5S. The molecule has 1 aromatic carbocycles. The van der Waals surface area contributed by atoms with E-state index in [1.807, 2.05) is 30.3 Å². The zero-order valence-electron chi connectivity index (χ0n) is 13.5. The Labute approximate surface area is 141 Å². The van der Waals surface area contributed by atoms with Gasteiger partial charge in [-0.05, 0) is 18.9 Å². The number of ether oxygens (including phenoxy) is 1. The summed E-state index contributed by atoms with van der Waals surface area (Å²) in [6, 6.07) is 9.73. The molecule has 2 atom stereocenters. The summed E-state index contributed by atoms with van der Waals surface area (Å²) in [7, 11) is -3.19. The summed E-state index contributed by atoms with van der Waals surface area (Å²) in [6.45, 7) is 1.95. The van der Waals surface area contributed by atoms with E-state index in [0.29, 0.717) is 13.0 Å². The average molecular weight is 351 g/mol. The van der Waals surface area contributed by atoms with E-state index in [9.17, 15) is 18.0 Å². The second-order valence-electron chi connectivity index (χ2n) is 5.78. The van der Waals surface area contributed by atoms with Crippen molar-refractivity contribution in [2.45, 2.75) is 25.9 Å². The van der Waals surface area contributed by atoms with Crippen molar-refractivity contribution in [1.82, 2.24) is 5.32 Å². The summed E-state index contributed by atoms with van der Waals surface area (Å²) >= 11 is 0. The molecule has 2 rings (SSSR count). The van der Waals surface area contributed by atoms with Crippen LogP contribution in [0.15, 0.2) is 41.8 Å². The number of rotatable bonds is 7. The molecule has 1 heterocycles. The van der Waals surface area contributed by atoms with Crippen LogP contribution in [0.1, 0.15) is 18.9 Å². The van der Waals surface area contributed by atoms with Crippen molar-refractivity contribution in [3.05, 3.63) is 47.4 Å². The molecule has 0 fully saturated rings. The lowest BCUT2D eigenvalue weighted by molar-refractivity contribution is -0.155. The predicted molar refractivity (Wildman–Crippen MR) is 89.7 cm³/mol. The number of carbonyl (C=O) groups excluding carboxylic acids is 2. The molecule has 1 aliphatic heterocycles. The summed E-state index contributed by atoms with van der Waals surface area (Å²) in [5.74, 6) is -1.41. The van der Waals surface area contributed by atoms with Gasteiger partial charge in [-0.2, -0.15) is 0 Å². The zero-order valence-corrected chi connectivity index (χ0v) is 14.3. The fraction of sp³-hybridized carbons (Fsp3) is 0.412. The molecule has 1 aromatic rings. The molecule has 0 saturated carbocycles. The van der Waals surface area contributed by atoms with E-state index in [2.05, 4.69) is 5.32 Å². The number of hydrogen-bond donors (Lipinski definition) is 1. The molecule has 130 valence electrons. The molecule has 1 N–H and O–H groups in total. The Balaban J connectivity index is 1.69. The Hall–Kier alpha value is -2.15. The normalized spacial score (nSPS) is 19.6. The van der Waals surface area contributed by atoms with Gasteiger partial charge in [0.2, 0.25) is 0 Å². The molecule has 1 amide bonds. The summed E-state index contributed by atoms with van der Waals surface area (Å²) in [6.07, 6.45) is 1.23. The number of benzene rings is 1. The van der Waals surface area contributed by atoms with Gasteiger partial charge in [0, 0.05) is 17.9 Å². The van der Waals surface area contributed by atoms with Crippen LogP contribution in [0.5, 0.6) is 0 Å². The molecule has 0 bridgehead atoms. The molecule has 24 heavy (non-hydrogen) atoms. The Morgan fingerprint density at radius 3 is 2.62 bits per heavy atom. The number of sulfone groups is 1. The van der Waals surface area contributed by atoms with E-state index in [0.717, 1.165) is 11.0 Å². The first kappa shape index (κ1) is 18.2. The smallest absolute Gasteiger partial charge is 0.307 e. The highest BCUT2D eigenvalue weighted by atomic mass is 32.2. The third-order valence-corrected chi connectivity index (χ3v) is 5.13. The van der Waals surface area contributed by atoms with Crippen molar-refractivity contribution in [2.24, 2.45) is 5.92 Å². The number of hydrogen-bond acceptors (Lipinski definition) is 5. The molecule has 0 saturated heterocycles. The molecule has 6 nitrogen and oxygen atoms in total. The highest BCUT2D eigenvalue weighted by molar-refractivity contribution is 7.94. The van der Waals surface area contributed by atoms with E-state index >= 15 is 0 Å². The second kappa shape index (κ2) is 8.10. The van der Waals surface area contributed by atoms with Crippen LogP contribution in [0.3, 0.4) is 0 Å². The summed E-state index contributed by atoms with van der Waals surface area (Å²) in [5.41, 5.74) is 1.11. The monoisotopic (exact) mass is 351 g/mol. The van der Waals surface area contributed by atoms with Crippen LogP contribution in [0.25, 0.3) is 0 Å². The number of allylic oxidation sites excluding steroid dienone is 1. The van der Waals surface area contributed by atoms with E-state index < -0.39 is 21.9 Å². The first-order valence-electron chi connectivity index (χ1n) is 7.78. The Kier molecular flexibility index (Phi) is 6.14. The predicted octanol–water partition coefficient (Wildman–Crippen LogP) is 1.23. The molecule has 1 aliphatic rings. The molecule has 7 heteroatoms. The molecular weight excluding hydrogens is 330 g/mol. The lowest BCUT2D eigenvalue weighted by Crippen LogP contribution is -2.37. The van der Waals surface area contributed by atoms with Gasteiger partial charge in [-0.1, -0.05) is 36.4 Å². The highest BCUT2D eigenvalue weighted by Crippen LogP contribution is 2.18. The fourth-order valence-electron chi connectivity index (χ4n) is 2.40. The van der Waals surface area contributed by atoms with Crippen LogP contribution in [0.4, 0.5) is 0 Å². The number of carbonyl (C=O) groups is 2. The van der Waals surface area contributed by atoms with Gasteiger partial charge in [0.25, 0.3) is 5.91 Å². The first-order valence-corrected chi connectivity index (χ1v) is 9.49. The minimum Gasteiger partial charge on any atom is -0.453 e. The Bertz CT molecular complexity index is 712. The summed E-state index contributed by atoms with van der Waals surface area (Å²) < 4.78 is 27.6. The van der Waals surface area contributed by atoms with Crippen molar-refractivity contribution >= 4 is 21.7 Å². The molecule has 0 aromatic heterocycles. The van der Waals surface area contributed by atoms with Crippen molar-refractivity contribution < 1.29 is 22.7 Å². The Morgan fingerprint density at radius 2 is 2.00 bits per heavy atom. The van der Waals surface area contributed by atoms with Crippen molar-refractivity contribution in [2.75, 3.05) is 12.3 Å². The molecule has 2 unspecified atom stereocenters.